The second kappa shape index (κ2) is 8.41. The Morgan fingerprint density at radius 1 is 1.07 bits per heavy atom. The minimum Gasteiger partial charge on any atom is -0.494 e. The van der Waals surface area contributed by atoms with Crippen LogP contribution in [0.3, 0.4) is 0 Å². The lowest BCUT2D eigenvalue weighted by Crippen LogP contribution is -2.46. The molecule has 3 rings (SSSR count). The van der Waals surface area contributed by atoms with E-state index in [9.17, 15) is 13.2 Å². The van der Waals surface area contributed by atoms with E-state index in [1.165, 1.54) is 12.1 Å². The molecule has 7 nitrogen and oxygen atoms in total. The van der Waals surface area contributed by atoms with Crippen molar-refractivity contribution in [2.45, 2.75) is 11.8 Å². The van der Waals surface area contributed by atoms with Crippen LogP contribution in [0.15, 0.2) is 53.4 Å². The molecular formula is C19H23N3O4S. The van der Waals surface area contributed by atoms with Crippen molar-refractivity contribution in [2.24, 2.45) is 0 Å². The van der Waals surface area contributed by atoms with Crippen molar-refractivity contribution in [3.63, 3.8) is 0 Å². The molecule has 2 aromatic carbocycles. The van der Waals surface area contributed by atoms with E-state index in [1.54, 1.807) is 41.3 Å². The maximum absolute atomic E-state index is 12.5. The largest absolute Gasteiger partial charge is 0.494 e. The highest BCUT2D eigenvalue weighted by Crippen LogP contribution is 2.20. The van der Waals surface area contributed by atoms with Gasteiger partial charge in [0.25, 0.3) is 15.9 Å². The molecule has 0 unspecified atom stereocenters. The molecule has 0 aromatic heterocycles. The molecule has 0 atom stereocenters. The van der Waals surface area contributed by atoms with Crippen LogP contribution in [0.25, 0.3) is 0 Å². The molecule has 0 radical (unpaired) electrons. The number of piperazine rings is 1. The molecule has 0 bridgehead atoms. The van der Waals surface area contributed by atoms with Gasteiger partial charge in [-0.1, -0.05) is 0 Å². The van der Waals surface area contributed by atoms with Crippen molar-refractivity contribution in [1.82, 2.24) is 10.2 Å². The first kappa shape index (κ1) is 19.2. The Morgan fingerprint density at radius 2 is 1.70 bits per heavy atom. The Labute approximate surface area is 159 Å². The molecule has 1 amide bonds. The molecule has 1 aliphatic heterocycles. The van der Waals surface area contributed by atoms with Crippen LogP contribution >= 0.6 is 0 Å². The van der Waals surface area contributed by atoms with Crippen molar-refractivity contribution in [1.29, 1.82) is 0 Å². The predicted molar refractivity (Wildman–Crippen MR) is 104 cm³/mol. The third kappa shape index (κ3) is 4.78. The van der Waals surface area contributed by atoms with Gasteiger partial charge in [0.2, 0.25) is 0 Å². The van der Waals surface area contributed by atoms with Crippen LogP contribution in [0.4, 0.5) is 5.69 Å². The summed E-state index contributed by atoms with van der Waals surface area (Å²) in [5.41, 5.74) is 0.927. The van der Waals surface area contributed by atoms with Crippen LogP contribution in [-0.2, 0) is 10.0 Å². The predicted octanol–water partition coefficient (Wildman–Crippen LogP) is 1.93. The van der Waals surface area contributed by atoms with Gasteiger partial charge in [-0.3, -0.25) is 9.52 Å². The molecule has 144 valence electrons. The van der Waals surface area contributed by atoms with Crippen molar-refractivity contribution >= 4 is 21.6 Å². The van der Waals surface area contributed by atoms with Crippen molar-refractivity contribution in [2.75, 3.05) is 37.5 Å². The second-order valence-corrected chi connectivity index (χ2v) is 7.81. The third-order valence-electron chi connectivity index (χ3n) is 4.23. The molecule has 2 aromatic rings. The van der Waals surface area contributed by atoms with Gasteiger partial charge in [-0.05, 0) is 55.5 Å². The molecule has 2 N–H and O–H groups in total. The zero-order valence-electron chi connectivity index (χ0n) is 15.1. The molecule has 1 fully saturated rings. The lowest BCUT2D eigenvalue weighted by Gasteiger charge is -2.27. The van der Waals surface area contributed by atoms with Crippen LogP contribution in [0.2, 0.25) is 0 Å². The first-order valence-corrected chi connectivity index (χ1v) is 10.3. The van der Waals surface area contributed by atoms with Crippen LogP contribution in [0.5, 0.6) is 5.75 Å². The maximum atomic E-state index is 12.5. The van der Waals surface area contributed by atoms with E-state index in [0.717, 1.165) is 13.1 Å². The van der Waals surface area contributed by atoms with Gasteiger partial charge in [0.1, 0.15) is 5.75 Å². The lowest BCUT2D eigenvalue weighted by molar-refractivity contribution is 0.0735. The molecule has 27 heavy (non-hydrogen) atoms. The van der Waals surface area contributed by atoms with E-state index in [0.29, 0.717) is 36.7 Å². The SMILES string of the molecule is CCOc1ccc(NS(=O)(=O)c2ccc(C(=O)N3CCNCC3)cc2)cc1. The number of nitrogens with zero attached hydrogens (tertiary/aromatic N) is 1. The normalized spacial score (nSPS) is 14.6. The van der Waals surface area contributed by atoms with Crippen molar-refractivity contribution in [3.05, 3.63) is 54.1 Å². The van der Waals surface area contributed by atoms with Crippen LogP contribution < -0.4 is 14.8 Å². The van der Waals surface area contributed by atoms with E-state index >= 15 is 0 Å². The zero-order valence-corrected chi connectivity index (χ0v) is 16.0. The fraction of sp³-hybridized carbons (Fsp3) is 0.316. The standard InChI is InChI=1S/C19H23N3O4S/c1-2-26-17-7-5-16(6-8-17)21-27(24,25)18-9-3-15(4-10-18)19(23)22-13-11-20-12-14-22/h3-10,20-21H,2,11-14H2,1H3. The fourth-order valence-electron chi connectivity index (χ4n) is 2.83. The highest BCUT2D eigenvalue weighted by atomic mass is 32.2. The van der Waals surface area contributed by atoms with Gasteiger partial charge in [0.05, 0.1) is 11.5 Å². The summed E-state index contributed by atoms with van der Waals surface area (Å²) in [4.78, 5) is 14.3. The average Bonchev–Trinajstić information content (AvgIpc) is 2.70. The van der Waals surface area contributed by atoms with Crippen LogP contribution in [0, 0.1) is 0 Å². The van der Waals surface area contributed by atoms with Crippen LogP contribution in [-0.4, -0.2) is 52.0 Å². The smallest absolute Gasteiger partial charge is 0.261 e. The molecule has 1 heterocycles. The second-order valence-electron chi connectivity index (χ2n) is 6.13. The van der Waals surface area contributed by atoms with Gasteiger partial charge in [0, 0.05) is 37.4 Å². The first-order valence-electron chi connectivity index (χ1n) is 8.85. The van der Waals surface area contributed by atoms with Gasteiger partial charge in [-0.2, -0.15) is 0 Å². The summed E-state index contributed by atoms with van der Waals surface area (Å²) in [6.45, 7) is 5.27. The minimum atomic E-state index is -3.73. The summed E-state index contributed by atoms with van der Waals surface area (Å²) in [6.07, 6.45) is 0. The monoisotopic (exact) mass is 389 g/mol. The van der Waals surface area contributed by atoms with Crippen molar-refractivity contribution in [3.8, 4) is 5.75 Å². The number of benzene rings is 2. The van der Waals surface area contributed by atoms with Gasteiger partial charge in [-0.15, -0.1) is 0 Å². The maximum Gasteiger partial charge on any atom is 0.261 e. The van der Waals surface area contributed by atoms with Crippen molar-refractivity contribution < 1.29 is 17.9 Å². The molecular weight excluding hydrogens is 366 g/mol. The number of nitrogens with one attached hydrogen (secondary N) is 2. The molecule has 8 heteroatoms. The molecule has 0 saturated carbocycles. The van der Waals surface area contributed by atoms with E-state index in [2.05, 4.69) is 10.0 Å². The van der Waals surface area contributed by atoms with E-state index in [1.807, 2.05) is 6.92 Å². The number of carbonyl (C=O) groups is 1. The highest BCUT2D eigenvalue weighted by Gasteiger charge is 2.19. The molecule has 1 saturated heterocycles. The Balaban J connectivity index is 1.70. The molecule has 1 aliphatic rings. The van der Waals surface area contributed by atoms with E-state index in [-0.39, 0.29) is 10.8 Å². The summed E-state index contributed by atoms with van der Waals surface area (Å²) < 4.78 is 33.0. The fourth-order valence-corrected chi connectivity index (χ4v) is 3.89. The Bertz CT molecular complexity index is 874. The van der Waals surface area contributed by atoms with Gasteiger partial charge < -0.3 is 15.0 Å². The summed E-state index contributed by atoms with van der Waals surface area (Å²) in [5, 5.41) is 3.19. The number of carbonyl (C=O) groups excluding carboxylic acids is 1. The number of rotatable bonds is 6. The number of amides is 1. The van der Waals surface area contributed by atoms with E-state index in [4.69, 9.17) is 4.74 Å². The average molecular weight is 389 g/mol. The highest BCUT2D eigenvalue weighted by molar-refractivity contribution is 7.92. The third-order valence-corrected chi connectivity index (χ3v) is 5.63. The quantitative estimate of drug-likeness (QED) is 0.788. The zero-order chi connectivity index (χ0) is 19.3. The Hall–Kier alpha value is -2.58. The summed E-state index contributed by atoms with van der Waals surface area (Å²) >= 11 is 0. The Morgan fingerprint density at radius 3 is 2.30 bits per heavy atom. The number of hydrogen-bond acceptors (Lipinski definition) is 5. The minimum absolute atomic E-state index is 0.0834. The number of ether oxygens (including phenoxy) is 1. The first-order chi connectivity index (χ1) is 13.0. The van der Waals surface area contributed by atoms with Gasteiger partial charge in [0.15, 0.2) is 0 Å². The van der Waals surface area contributed by atoms with Crippen LogP contribution in [0.1, 0.15) is 17.3 Å². The summed E-state index contributed by atoms with van der Waals surface area (Å²) in [5.74, 6) is 0.594. The number of sulfonamides is 1. The molecule has 0 spiro atoms. The topological polar surface area (TPSA) is 87.7 Å². The number of hydrogen-bond donors (Lipinski definition) is 2. The number of anilines is 1. The van der Waals surface area contributed by atoms with Gasteiger partial charge >= 0.3 is 0 Å². The Kier molecular flexibility index (Phi) is 5.98. The summed E-state index contributed by atoms with van der Waals surface area (Å²) in [6, 6.07) is 12.7. The molecule has 0 aliphatic carbocycles. The lowest BCUT2D eigenvalue weighted by atomic mass is 10.2. The van der Waals surface area contributed by atoms with Gasteiger partial charge in [-0.25, -0.2) is 8.42 Å². The summed E-state index contributed by atoms with van der Waals surface area (Å²) in [7, 11) is -3.73. The van der Waals surface area contributed by atoms with E-state index < -0.39 is 10.0 Å².